The predicted molar refractivity (Wildman–Crippen MR) is 74.4 cm³/mol. The Hall–Kier alpha value is -2.47. The van der Waals surface area contributed by atoms with Crippen molar-refractivity contribution in [1.82, 2.24) is 14.7 Å². The average Bonchev–Trinajstić information content (AvgIpc) is 2.81. The van der Waals surface area contributed by atoms with Gasteiger partial charge in [-0.15, -0.1) is 0 Å². The van der Waals surface area contributed by atoms with Crippen molar-refractivity contribution in [2.75, 3.05) is 7.05 Å². The van der Waals surface area contributed by atoms with Gasteiger partial charge in [-0.2, -0.15) is 4.98 Å². The van der Waals surface area contributed by atoms with Gasteiger partial charge in [-0.1, -0.05) is 6.07 Å². The maximum absolute atomic E-state index is 13.7. The van der Waals surface area contributed by atoms with Gasteiger partial charge in [0, 0.05) is 18.8 Å². The molecule has 0 amide bonds. The topological polar surface area (TPSA) is 38.6 Å². The van der Waals surface area contributed by atoms with Crippen LogP contribution in [-0.2, 0) is 6.54 Å². The Morgan fingerprint density at radius 3 is 2.86 bits per heavy atom. The molecule has 0 spiro atoms. The number of imidazole rings is 1. The van der Waals surface area contributed by atoms with Crippen LogP contribution in [0.25, 0.3) is 5.65 Å². The quantitative estimate of drug-likeness (QED) is 0.802. The number of nitrogens with one attached hydrogen (secondary N) is 1. The van der Waals surface area contributed by atoms with Crippen molar-refractivity contribution in [1.29, 1.82) is 0 Å². The number of ether oxygens (including phenoxy) is 1. The smallest absolute Gasteiger partial charge is 0.242 e. The zero-order chi connectivity index (χ0) is 14.8. The first-order valence-electron chi connectivity index (χ1n) is 6.42. The van der Waals surface area contributed by atoms with Crippen molar-refractivity contribution in [3.63, 3.8) is 0 Å². The van der Waals surface area contributed by atoms with Crippen molar-refractivity contribution in [2.45, 2.75) is 6.54 Å². The zero-order valence-electron chi connectivity index (χ0n) is 11.3. The lowest BCUT2D eigenvalue weighted by Gasteiger charge is -2.07. The fraction of sp³-hybridized carbons (Fsp3) is 0.133. The minimum absolute atomic E-state index is 0.0582. The van der Waals surface area contributed by atoms with Gasteiger partial charge < -0.3 is 10.1 Å². The summed E-state index contributed by atoms with van der Waals surface area (Å²) in [7, 11) is 1.80. The lowest BCUT2D eigenvalue weighted by molar-refractivity contribution is 0.420. The molecule has 1 N–H and O–H groups in total. The first-order chi connectivity index (χ1) is 10.2. The summed E-state index contributed by atoms with van der Waals surface area (Å²) in [5.74, 6) is -1.18. The van der Waals surface area contributed by atoms with Gasteiger partial charge in [0.1, 0.15) is 17.2 Å². The highest BCUT2D eigenvalue weighted by Crippen LogP contribution is 2.28. The van der Waals surface area contributed by atoms with E-state index in [9.17, 15) is 8.78 Å². The summed E-state index contributed by atoms with van der Waals surface area (Å²) in [6.45, 7) is 0.503. The molecule has 4 nitrogen and oxygen atoms in total. The van der Waals surface area contributed by atoms with Crippen molar-refractivity contribution >= 4 is 5.65 Å². The Balaban J connectivity index is 2.05. The highest BCUT2D eigenvalue weighted by molar-refractivity contribution is 5.46. The molecule has 0 unspecified atom stereocenters. The molecule has 0 radical (unpaired) electrons. The summed E-state index contributed by atoms with van der Waals surface area (Å²) < 4.78 is 34.0. The molecule has 108 valence electrons. The van der Waals surface area contributed by atoms with Crippen LogP contribution in [0.4, 0.5) is 8.78 Å². The molecule has 0 bridgehead atoms. The van der Waals surface area contributed by atoms with E-state index in [2.05, 4.69) is 10.3 Å². The van der Waals surface area contributed by atoms with E-state index in [4.69, 9.17) is 4.74 Å². The molecular formula is C15H13F2N3O. The third kappa shape index (κ3) is 2.57. The number of fused-ring (bicyclic) bond motifs is 1. The highest BCUT2D eigenvalue weighted by atomic mass is 19.1. The number of hydrogen-bond acceptors (Lipinski definition) is 3. The third-order valence-electron chi connectivity index (χ3n) is 3.04. The molecule has 2 aromatic heterocycles. The Labute approximate surface area is 120 Å². The number of pyridine rings is 1. The van der Waals surface area contributed by atoms with E-state index in [1.165, 1.54) is 6.07 Å². The number of rotatable bonds is 4. The standard InChI is InChI=1S/C15H13F2N3O/c1-18-9-12-15(19-14-4-2-3-7-20(12)14)21-13-6-5-10(16)8-11(13)17/h2-8,18H,9H2,1H3. The van der Waals surface area contributed by atoms with Gasteiger partial charge in [-0.05, 0) is 31.3 Å². The monoisotopic (exact) mass is 289 g/mol. The summed E-state index contributed by atoms with van der Waals surface area (Å²) in [4.78, 5) is 4.33. The molecule has 3 rings (SSSR count). The summed E-state index contributed by atoms with van der Waals surface area (Å²) >= 11 is 0. The van der Waals surface area contributed by atoms with Crippen LogP contribution in [0.1, 0.15) is 5.69 Å². The predicted octanol–water partition coefficient (Wildman–Crippen LogP) is 3.12. The van der Waals surface area contributed by atoms with E-state index in [0.29, 0.717) is 18.1 Å². The van der Waals surface area contributed by atoms with E-state index in [1.54, 1.807) is 7.05 Å². The van der Waals surface area contributed by atoms with Gasteiger partial charge in [0.25, 0.3) is 0 Å². The Bertz CT molecular complexity index is 786. The molecule has 0 saturated carbocycles. The summed E-state index contributed by atoms with van der Waals surface area (Å²) in [6.07, 6.45) is 1.85. The molecule has 0 atom stereocenters. The summed E-state index contributed by atoms with van der Waals surface area (Å²) in [5.41, 5.74) is 1.46. The minimum Gasteiger partial charge on any atom is -0.434 e. The molecule has 6 heteroatoms. The van der Waals surface area contributed by atoms with Gasteiger partial charge in [0.2, 0.25) is 5.88 Å². The molecule has 0 aliphatic rings. The van der Waals surface area contributed by atoms with E-state index in [0.717, 1.165) is 17.8 Å². The third-order valence-corrected chi connectivity index (χ3v) is 3.04. The second kappa shape index (κ2) is 5.49. The molecule has 1 aromatic carbocycles. The molecule has 3 aromatic rings. The number of nitrogens with zero attached hydrogens (tertiary/aromatic N) is 2. The fourth-order valence-corrected chi connectivity index (χ4v) is 2.10. The number of aromatic nitrogens is 2. The molecule has 0 saturated heterocycles. The molecule has 0 fully saturated rings. The van der Waals surface area contributed by atoms with E-state index < -0.39 is 11.6 Å². The van der Waals surface area contributed by atoms with Crippen LogP contribution in [0, 0.1) is 11.6 Å². The zero-order valence-corrected chi connectivity index (χ0v) is 11.3. The van der Waals surface area contributed by atoms with Gasteiger partial charge in [0.15, 0.2) is 11.6 Å². The van der Waals surface area contributed by atoms with Gasteiger partial charge in [-0.25, -0.2) is 8.78 Å². The van der Waals surface area contributed by atoms with Crippen molar-refractivity contribution in [2.24, 2.45) is 0 Å². The fourth-order valence-electron chi connectivity index (χ4n) is 2.10. The maximum Gasteiger partial charge on any atom is 0.242 e. The van der Waals surface area contributed by atoms with Crippen LogP contribution in [0.2, 0.25) is 0 Å². The van der Waals surface area contributed by atoms with Crippen LogP contribution in [0.15, 0.2) is 42.6 Å². The Kier molecular flexibility index (Phi) is 3.53. The minimum atomic E-state index is -0.762. The number of hydrogen-bond donors (Lipinski definition) is 1. The Morgan fingerprint density at radius 1 is 1.24 bits per heavy atom. The lowest BCUT2D eigenvalue weighted by atomic mass is 10.3. The van der Waals surface area contributed by atoms with Crippen LogP contribution < -0.4 is 10.1 Å². The van der Waals surface area contributed by atoms with E-state index >= 15 is 0 Å². The highest BCUT2D eigenvalue weighted by Gasteiger charge is 2.15. The van der Waals surface area contributed by atoms with Crippen molar-refractivity contribution < 1.29 is 13.5 Å². The largest absolute Gasteiger partial charge is 0.434 e. The average molecular weight is 289 g/mol. The second-order valence-corrected chi connectivity index (χ2v) is 4.50. The molecule has 2 heterocycles. The van der Waals surface area contributed by atoms with Crippen LogP contribution in [-0.4, -0.2) is 16.4 Å². The van der Waals surface area contributed by atoms with Crippen molar-refractivity contribution in [3.05, 3.63) is 59.9 Å². The molecule has 0 aliphatic heterocycles. The first-order valence-corrected chi connectivity index (χ1v) is 6.42. The van der Waals surface area contributed by atoms with Crippen molar-refractivity contribution in [3.8, 4) is 11.6 Å². The van der Waals surface area contributed by atoms with Crippen LogP contribution >= 0.6 is 0 Å². The Morgan fingerprint density at radius 2 is 2.10 bits per heavy atom. The summed E-state index contributed by atoms with van der Waals surface area (Å²) in [5, 5.41) is 3.02. The molecule has 0 aliphatic carbocycles. The van der Waals surface area contributed by atoms with E-state index in [1.807, 2.05) is 28.8 Å². The van der Waals surface area contributed by atoms with Crippen LogP contribution in [0.3, 0.4) is 0 Å². The van der Waals surface area contributed by atoms with Gasteiger partial charge in [-0.3, -0.25) is 4.40 Å². The normalized spacial score (nSPS) is 11.0. The molecular weight excluding hydrogens is 276 g/mol. The maximum atomic E-state index is 13.7. The number of halogens is 2. The first kappa shape index (κ1) is 13.5. The molecule has 21 heavy (non-hydrogen) atoms. The number of benzene rings is 1. The van der Waals surface area contributed by atoms with Crippen LogP contribution in [0.5, 0.6) is 11.6 Å². The second-order valence-electron chi connectivity index (χ2n) is 4.50. The van der Waals surface area contributed by atoms with Gasteiger partial charge in [0.05, 0.1) is 0 Å². The SMILES string of the molecule is CNCc1c(Oc2ccc(F)cc2F)nc2ccccn12. The van der Waals surface area contributed by atoms with E-state index in [-0.39, 0.29) is 5.75 Å². The summed E-state index contributed by atoms with van der Waals surface area (Å²) in [6, 6.07) is 8.73. The van der Waals surface area contributed by atoms with Gasteiger partial charge >= 0.3 is 0 Å². The lowest BCUT2D eigenvalue weighted by Crippen LogP contribution is -2.08.